The molecule has 17 heavy (non-hydrogen) atoms. The molecule has 0 aromatic carbocycles. The summed E-state index contributed by atoms with van der Waals surface area (Å²) in [5, 5.41) is 3.47. The Balaban J connectivity index is 1.64. The van der Waals surface area contributed by atoms with Gasteiger partial charge >= 0.3 is 0 Å². The molecule has 1 heterocycles. The highest BCUT2D eigenvalue weighted by atomic mass is 35.5. The van der Waals surface area contributed by atoms with Crippen LogP contribution in [0.1, 0.15) is 25.7 Å². The first kappa shape index (κ1) is 11.0. The molecule has 0 spiro atoms. The first-order chi connectivity index (χ1) is 8.25. The van der Waals surface area contributed by atoms with E-state index in [1.807, 2.05) is 0 Å². The Morgan fingerprint density at radius 3 is 2.71 bits per heavy atom. The van der Waals surface area contributed by atoms with Crippen LogP contribution in [-0.4, -0.2) is 10.9 Å². The number of hydrogen-bond acceptors (Lipinski definition) is 2. The maximum absolute atomic E-state index is 12.1. The van der Waals surface area contributed by atoms with Crippen molar-refractivity contribution in [3.63, 3.8) is 0 Å². The van der Waals surface area contributed by atoms with Gasteiger partial charge in [-0.05, 0) is 36.8 Å². The Kier molecular flexibility index (Phi) is 2.79. The predicted molar refractivity (Wildman–Crippen MR) is 66.8 cm³/mol. The van der Waals surface area contributed by atoms with E-state index in [0.717, 1.165) is 0 Å². The number of carbonyl (C=O) groups is 1. The molecule has 2 aliphatic rings. The lowest BCUT2D eigenvalue weighted by Crippen LogP contribution is -2.16. The number of fused-ring (bicyclic) bond motifs is 1. The van der Waals surface area contributed by atoms with Crippen LogP contribution in [-0.2, 0) is 4.79 Å². The van der Waals surface area contributed by atoms with E-state index in [-0.39, 0.29) is 11.8 Å². The van der Waals surface area contributed by atoms with Gasteiger partial charge in [0.15, 0.2) is 0 Å². The second kappa shape index (κ2) is 4.30. The number of amides is 1. The molecule has 2 aliphatic carbocycles. The van der Waals surface area contributed by atoms with Gasteiger partial charge in [-0.25, -0.2) is 4.98 Å². The van der Waals surface area contributed by atoms with Crippen LogP contribution in [0, 0.1) is 17.8 Å². The van der Waals surface area contributed by atoms with Crippen molar-refractivity contribution in [2.45, 2.75) is 25.7 Å². The summed E-state index contributed by atoms with van der Waals surface area (Å²) in [4.78, 5) is 16.1. The highest BCUT2D eigenvalue weighted by molar-refractivity contribution is 6.30. The van der Waals surface area contributed by atoms with Crippen LogP contribution < -0.4 is 5.32 Å². The molecule has 90 valence electrons. The van der Waals surface area contributed by atoms with E-state index in [1.54, 1.807) is 18.3 Å². The van der Waals surface area contributed by atoms with Crippen molar-refractivity contribution in [3.05, 3.63) is 23.4 Å². The molecule has 0 radical (unpaired) electrons. The fourth-order valence-electron chi connectivity index (χ4n) is 3.06. The van der Waals surface area contributed by atoms with Crippen LogP contribution in [0.2, 0.25) is 5.02 Å². The lowest BCUT2D eigenvalue weighted by Gasteiger charge is -2.04. The minimum Gasteiger partial charge on any atom is -0.310 e. The number of halogens is 1. The second-order valence-corrected chi connectivity index (χ2v) is 5.42. The van der Waals surface area contributed by atoms with E-state index >= 15 is 0 Å². The molecule has 2 saturated carbocycles. The molecule has 0 aliphatic heterocycles. The molecular weight excluding hydrogens is 236 g/mol. The molecule has 2 unspecified atom stereocenters. The number of rotatable bonds is 2. The topological polar surface area (TPSA) is 42.0 Å². The van der Waals surface area contributed by atoms with Gasteiger partial charge in [0.2, 0.25) is 5.91 Å². The van der Waals surface area contributed by atoms with Crippen LogP contribution in [0.4, 0.5) is 5.82 Å². The number of anilines is 1. The van der Waals surface area contributed by atoms with Crippen molar-refractivity contribution in [1.29, 1.82) is 0 Å². The summed E-state index contributed by atoms with van der Waals surface area (Å²) in [6.45, 7) is 0. The molecule has 1 aromatic heterocycles. The normalized spacial score (nSPS) is 30.5. The molecule has 3 rings (SSSR count). The third kappa shape index (κ3) is 2.16. The van der Waals surface area contributed by atoms with E-state index in [4.69, 9.17) is 11.6 Å². The standard InChI is InChI=1S/C13H15ClN2O/c14-8-5-6-15-11(7-8)16-13(17)12-9-3-1-2-4-10(9)12/h5-7,9-10,12H,1-4H2,(H,15,16,17). The van der Waals surface area contributed by atoms with E-state index in [0.29, 0.717) is 22.7 Å². The molecule has 1 aromatic rings. The quantitative estimate of drug-likeness (QED) is 0.876. The molecule has 4 heteroatoms. The molecule has 0 bridgehead atoms. The zero-order chi connectivity index (χ0) is 11.8. The van der Waals surface area contributed by atoms with Gasteiger partial charge in [-0.1, -0.05) is 24.4 Å². The van der Waals surface area contributed by atoms with Crippen molar-refractivity contribution in [2.75, 3.05) is 5.32 Å². The van der Waals surface area contributed by atoms with Gasteiger partial charge in [0.05, 0.1) is 0 Å². The van der Waals surface area contributed by atoms with E-state index in [9.17, 15) is 4.79 Å². The van der Waals surface area contributed by atoms with Gasteiger partial charge in [0.1, 0.15) is 5.82 Å². The molecule has 2 atom stereocenters. The van der Waals surface area contributed by atoms with E-state index < -0.39 is 0 Å². The number of nitrogens with zero attached hydrogens (tertiary/aromatic N) is 1. The lowest BCUT2D eigenvalue weighted by atomic mass is 10.0. The maximum Gasteiger partial charge on any atom is 0.229 e. The largest absolute Gasteiger partial charge is 0.310 e. The summed E-state index contributed by atoms with van der Waals surface area (Å²) < 4.78 is 0. The summed E-state index contributed by atoms with van der Waals surface area (Å²) in [5.74, 6) is 2.16. The minimum absolute atomic E-state index is 0.122. The Bertz CT molecular complexity index is 437. The zero-order valence-corrected chi connectivity index (χ0v) is 10.3. The SMILES string of the molecule is O=C(Nc1cc(Cl)ccn1)C1C2CCCCC21. The van der Waals surface area contributed by atoms with Crippen LogP contribution in [0.3, 0.4) is 0 Å². The highest BCUT2D eigenvalue weighted by Gasteiger charge is 2.54. The summed E-state index contributed by atoms with van der Waals surface area (Å²) in [6.07, 6.45) is 6.59. The molecule has 3 nitrogen and oxygen atoms in total. The number of aromatic nitrogens is 1. The van der Waals surface area contributed by atoms with Crippen molar-refractivity contribution >= 4 is 23.3 Å². The van der Waals surface area contributed by atoms with Gasteiger partial charge in [0, 0.05) is 17.1 Å². The van der Waals surface area contributed by atoms with Gasteiger partial charge < -0.3 is 5.32 Å². The number of pyridine rings is 1. The second-order valence-electron chi connectivity index (χ2n) is 4.99. The lowest BCUT2D eigenvalue weighted by molar-refractivity contribution is -0.117. The summed E-state index contributed by atoms with van der Waals surface area (Å²) in [6, 6.07) is 3.39. The molecule has 2 fully saturated rings. The van der Waals surface area contributed by atoms with E-state index in [2.05, 4.69) is 10.3 Å². The monoisotopic (exact) mass is 250 g/mol. The van der Waals surface area contributed by atoms with Crippen molar-refractivity contribution in [2.24, 2.45) is 17.8 Å². The van der Waals surface area contributed by atoms with Crippen LogP contribution in [0.5, 0.6) is 0 Å². The first-order valence-corrected chi connectivity index (χ1v) is 6.56. The third-order valence-corrected chi connectivity index (χ3v) is 4.17. The number of nitrogens with one attached hydrogen (secondary N) is 1. The third-order valence-electron chi connectivity index (χ3n) is 3.93. The smallest absolute Gasteiger partial charge is 0.229 e. The Labute approximate surface area is 106 Å². The van der Waals surface area contributed by atoms with Crippen molar-refractivity contribution in [3.8, 4) is 0 Å². The number of carbonyl (C=O) groups excluding carboxylic acids is 1. The average molecular weight is 251 g/mol. The highest BCUT2D eigenvalue weighted by Crippen LogP contribution is 2.55. The molecule has 0 saturated heterocycles. The van der Waals surface area contributed by atoms with Crippen LogP contribution >= 0.6 is 11.6 Å². The molecular formula is C13H15ClN2O. The first-order valence-electron chi connectivity index (χ1n) is 6.18. The van der Waals surface area contributed by atoms with Crippen LogP contribution in [0.15, 0.2) is 18.3 Å². The Hall–Kier alpha value is -1.09. The van der Waals surface area contributed by atoms with Gasteiger partial charge in [-0.15, -0.1) is 0 Å². The Morgan fingerprint density at radius 2 is 2.06 bits per heavy atom. The van der Waals surface area contributed by atoms with Crippen molar-refractivity contribution in [1.82, 2.24) is 4.98 Å². The maximum atomic E-state index is 12.1. The van der Waals surface area contributed by atoms with Crippen LogP contribution in [0.25, 0.3) is 0 Å². The van der Waals surface area contributed by atoms with E-state index in [1.165, 1.54) is 25.7 Å². The predicted octanol–water partition coefficient (Wildman–Crippen LogP) is 3.11. The summed E-state index contributed by atoms with van der Waals surface area (Å²) in [5.41, 5.74) is 0. The summed E-state index contributed by atoms with van der Waals surface area (Å²) in [7, 11) is 0. The summed E-state index contributed by atoms with van der Waals surface area (Å²) >= 11 is 5.85. The molecule has 1 N–H and O–H groups in total. The van der Waals surface area contributed by atoms with Crippen molar-refractivity contribution < 1.29 is 4.79 Å². The van der Waals surface area contributed by atoms with Gasteiger partial charge in [-0.3, -0.25) is 4.79 Å². The average Bonchev–Trinajstić information content (AvgIpc) is 3.03. The number of hydrogen-bond donors (Lipinski definition) is 1. The minimum atomic E-state index is 0.122. The fourth-order valence-corrected chi connectivity index (χ4v) is 3.22. The molecule has 1 amide bonds. The van der Waals surface area contributed by atoms with Gasteiger partial charge in [0.25, 0.3) is 0 Å². The zero-order valence-electron chi connectivity index (χ0n) is 9.53. The Morgan fingerprint density at radius 1 is 1.35 bits per heavy atom. The van der Waals surface area contributed by atoms with Gasteiger partial charge in [-0.2, -0.15) is 0 Å². The fraction of sp³-hybridized carbons (Fsp3) is 0.538.